The van der Waals surface area contributed by atoms with Crippen LogP contribution in [-0.4, -0.2) is 0 Å². The smallest absolute Gasteiger partial charge is 0.141 e. The van der Waals surface area contributed by atoms with Crippen molar-refractivity contribution in [3.05, 3.63) is 250 Å². The maximum absolute atomic E-state index is 7.53. The minimum atomic E-state index is -0.618. The number of benzene rings is 7. The lowest BCUT2D eigenvalue weighted by Crippen LogP contribution is -2.36. The molecule has 0 saturated carbocycles. The third-order valence-electron chi connectivity index (χ3n) is 15.5. The van der Waals surface area contributed by atoms with E-state index in [4.69, 9.17) is 8.83 Å². The average Bonchev–Trinajstić information content (AvgIpc) is 4.12. The quantitative estimate of drug-likeness (QED) is 0.167. The summed E-state index contributed by atoms with van der Waals surface area (Å²) in [5.41, 5.74) is 20.9. The number of rotatable bonds is 6. The van der Waals surface area contributed by atoms with E-state index in [1.807, 2.05) is 0 Å². The van der Waals surface area contributed by atoms with Crippen LogP contribution < -0.4 is 9.80 Å². The Balaban J connectivity index is 1.17. The summed E-state index contributed by atoms with van der Waals surface area (Å²) in [6, 6.07) is 58.2. The van der Waals surface area contributed by atoms with Gasteiger partial charge in [0.15, 0.2) is 0 Å². The molecule has 4 nitrogen and oxygen atoms in total. The van der Waals surface area contributed by atoms with Gasteiger partial charge in [0.25, 0.3) is 0 Å². The van der Waals surface area contributed by atoms with Crippen LogP contribution in [0, 0.1) is 19.8 Å². The van der Waals surface area contributed by atoms with Crippen LogP contribution in [0.2, 0.25) is 0 Å². The largest absolute Gasteiger partial charge is 0.460 e. The van der Waals surface area contributed by atoms with Crippen molar-refractivity contribution >= 4 is 56.5 Å². The fraction of sp³-hybridized carbons (Fsp3) is 0.143. The highest BCUT2D eigenvalue weighted by Crippen LogP contribution is 2.70. The highest BCUT2D eigenvalue weighted by molar-refractivity contribution is 6.16. The van der Waals surface area contributed by atoms with Gasteiger partial charge in [-0.05, 0) is 127 Å². The molecular formula is C63H48N2O2. The Morgan fingerprint density at radius 1 is 0.597 bits per heavy atom. The molecule has 1 spiro atoms. The maximum Gasteiger partial charge on any atom is 0.141 e. The van der Waals surface area contributed by atoms with Gasteiger partial charge < -0.3 is 18.6 Å². The summed E-state index contributed by atoms with van der Waals surface area (Å²) >= 11 is 0. The summed E-state index contributed by atoms with van der Waals surface area (Å²) in [6.07, 6.45) is 17.9. The first-order valence-electron chi connectivity index (χ1n) is 24.0. The second kappa shape index (κ2) is 14.6. The predicted octanol–water partition coefficient (Wildman–Crippen LogP) is 16.4. The summed E-state index contributed by atoms with van der Waals surface area (Å²) < 4.78 is 15.0. The normalized spacial score (nSPS) is 17.9. The molecule has 0 aliphatic heterocycles. The van der Waals surface area contributed by atoms with Crippen molar-refractivity contribution < 1.29 is 8.83 Å². The van der Waals surface area contributed by atoms with Crippen LogP contribution >= 0.6 is 0 Å². The van der Waals surface area contributed by atoms with E-state index in [1.165, 1.54) is 72.7 Å². The van der Waals surface area contributed by atoms with E-state index in [1.54, 1.807) is 0 Å². The van der Waals surface area contributed by atoms with E-state index in [-0.39, 0.29) is 11.8 Å². The number of nitrogens with zero attached hydrogens (tertiary/aromatic N) is 2. The van der Waals surface area contributed by atoms with Gasteiger partial charge in [-0.25, -0.2) is 0 Å². The monoisotopic (exact) mass is 864 g/mol. The molecular weight excluding hydrogens is 817 g/mol. The van der Waals surface area contributed by atoms with Crippen molar-refractivity contribution in [2.75, 3.05) is 9.80 Å². The Bertz CT molecular complexity index is 3600. The lowest BCUT2D eigenvalue weighted by atomic mass is 9.64. The van der Waals surface area contributed by atoms with Crippen LogP contribution in [-0.2, 0) is 11.8 Å². The van der Waals surface area contributed by atoms with Gasteiger partial charge in [-0.1, -0.05) is 146 Å². The van der Waals surface area contributed by atoms with E-state index in [0.717, 1.165) is 76.2 Å². The number of hydrogen-bond acceptors (Lipinski definition) is 4. The first-order valence-corrected chi connectivity index (χ1v) is 24.0. The fourth-order valence-corrected chi connectivity index (χ4v) is 12.8. The lowest BCUT2D eigenvalue weighted by Gasteiger charge is -2.41. The molecule has 2 heterocycles. The van der Waals surface area contributed by atoms with Gasteiger partial charge in [0.1, 0.15) is 22.7 Å². The van der Waals surface area contributed by atoms with Gasteiger partial charge in [0.2, 0.25) is 0 Å². The van der Waals surface area contributed by atoms with E-state index >= 15 is 0 Å². The second-order valence-electron chi connectivity index (χ2n) is 18.9. The molecule has 322 valence electrons. The molecule has 2 aromatic heterocycles. The zero-order valence-corrected chi connectivity index (χ0v) is 37.7. The molecule has 0 radical (unpaired) electrons. The van der Waals surface area contributed by atoms with Crippen molar-refractivity contribution in [1.29, 1.82) is 0 Å². The van der Waals surface area contributed by atoms with Crippen molar-refractivity contribution in [3.63, 3.8) is 0 Å². The van der Waals surface area contributed by atoms with Crippen LogP contribution in [0.5, 0.6) is 0 Å². The summed E-state index contributed by atoms with van der Waals surface area (Å²) in [4.78, 5) is 5.08. The molecule has 5 aliphatic carbocycles. The molecule has 67 heavy (non-hydrogen) atoms. The minimum Gasteiger partial charge on any atom is -0.460 e. The molecule has 14 rings (SSSR count). The number of allylic oxidation sites excluding steroid dienone is 6. The predicted molar refractivity (Wildman–Crippen MR) is 274 cm³/mol. The van der Waals surface area contributed by atoms with Crippen molar-refractivity contribution in [1.82, 2.24) is 0 Å². The number of furan rings is 2. The van der Waals surface area contributed by atoms with Gasteiger partial charge in [-0.3, -0.25) is 0 Å². The van der Waals surface area contributed by atoms with Crippen molar-refractivity contribution in [3.8, 4) is 11.1 Å². The molecule has 0 N–H and O–H groups in total. The van der Waals surface area contributed by atoms with Crippen LogP contribution in [0.15, 0.2) is 203 Å². The molecule has 2 atom stereocenters. The molecule has 0 amide bonds. The Morgan fingerprint density at radius 2 is 1.25 bits per heavy atom. The number of anilines is 4. The minimum absolute atomic E-state index is 0.0899. The van der Waals surface area contributed by atoms with E-state index < -0.39 is 5.41 Å². The topological polar surface area (TPSA) is 32.8 Å². The zero-order valence-electron chi connectivity index (χ0n) is 37.7. The standard InChI is InChI=1S/C63H48N2O2/c1-39-21-9-17-33-51(39)64(41-23-5-3-6-24-41)53-37-49-59(61-57(53)45-29-13-19-35-55(45)66-61)60-50(63(49)47-31-15-11-27-43(47)44-28-12-16-32-48(44)63)38-54(58-46-30-14-20-36-56(46)67-62(58)60)65(42-25-7-4-8-26-42)52-34-18-10-22-40(52)2/h3-7,9-13,15-25,27-29,31-38,50,60H,8,14,26,30H2,1-2H3. The van der Waals surface area contributed by atoms with E-state index in [2.05, 4.69) is 218 Å². The molecule has 0 bridgehead atoms. The van der Waals surface area contributed by atoms with Gasteiger partial charge >= 0.3 is 0 Å². The van der Waals surface area contributed by atoms with Crippen LogP contribution in [0.3, 0.4) is 0 Å². The third kappa shape index (κ3) is 5.30. The van der Waals surface area contributed by atoms with Crippen molar-refractivity contribution in [2.45, 2.75) is 50.9 Å². The van der Waals surface area contributed by atoms with E-state index in [0.29, 0.717) is 0 Å². The Kier molecular flexibility index (Phi) is 8.37. The summed E-state index contributed by atoms with van der Waals surface area (Å²) in [6.45, 7) is 4.48. The molecule has 0 fully saturated rings. The molecule has 9 aromatic rings. The summed E-state index contributed by atoms with van der Waals surface area (Å²) in [5, 5.41) is 2.22. The lowest BCUT2D eigenvalue weighted by molar-refractivity contribution is 0.392. The van der Waals surface area contributed by atoms with Gasteiger partial charge in [0.05, 0.1) is 28.1 Å². The second-order valence-corrected chi connectivity index (χ2v) is 18.9. The molecule has 7 aromatic carbocycles. The number of hydrogen-bond donors (Lipinski definition) is 0. The highest BCUT2D eigenvalue weighted by atomic mass is 16.3. The third-order valence-corrected chi connectivity index (χ3v) is 15.5. The van der Waals surface area contributed by atoms with Gasteiger partial charge in [-0.15, -0.1) is 0 Å². The highest BCUT2D eigenvalue weighted by Gasteiger charge is 2.62. The Labute approximate surface area is 391 Å². The summed E-state index contributed by atoms with van der Waals surface area (Å²) in [5.74, 6) is 1.77. The molecule has 0 saturated heterocycles. The Morgan fingerprint density at radius 3 is 1.99 bits per heavy atom. The maximum atomic E-state index is 7.53. The summed E-state index contributed by atoms with van der Waals surface area (Å²) in [7, 11) is 0. The van der Waals surface area contributed by atoms with Crippen LogP contribution in [0.1, 0.15) is 81.2 Å². The molecule has 2 unspecified atom stereocenters. The number of aryl methyl sites for hydroxylation is 2. The zero-order chi connectivity index (χ0) is 44.4. The van der Waals surface area contributed by atoms with Gasteiger partial charge in [0, 0.05) is 50.8 Å². The average molecular weight is 865 g/mol. The van der Waals surface area contributed by atoms with Crippen LogP contribution in [0.4, 0.5) is 22.7 Å². The Hall–Kier alpha value is -7.82. The SMILES string of the molecule is Cc1ccccc1N(C1=CC=CCC1)C1=CC2C(c3oc4c(c31)CCC=C4)c1c(cc(N(c3ccccc3)c3ccccc3C)c3c1oc1ccccc13)C21c2ccccc2-c2ccccc21. The number of fused-ring (bicyclic) bond motifs is 18. The number of para-hydroxylation sites is 4. The van der Waals surface area contributed by atoms with Crippen molar-refractivity contribution in [2.24, 2.45) is 5.92 Å². The molecule has 4 heteroatoms. The van der Waals surface area contributed by atoms with Crippen LogP contribution in [0.25, 0.3) is 44.8 Å². The fourth-order valence-electron chi connectivity index (χ4n) is 12.8. The van der Waals surface area contributed by atoms with E-state index in [9.17, 15) is 0 Å². The first-order chi connectivity index (χ1) is 33.1. The molecule has 5 aliphatic rings. The van der Waals surface area contributed by atoms with Gasteiger partial charge in [-0.2, -0.15) is 0 Å². The first kappa shape index (κ1) is 38.4.